The molecule has 0 bridgehead atoms. The normalized spacial score (nSPS) is 15.6. The van der Waals surface area contributed by atoms with Crippen LogP contribution in [0, 0.1) is 0 Å². The molecule has 1 unspecified atom stereocenters. The van der Waals surface area contributed by atoms with Crippen LogP contribution in [-0.2, 0) is 14.3 Å². The summed E-state index contributed by atoms with van der Waals surface area (Å²) < 4.78 is 9.21. The van der Waals surface area contributed by atoms with Gasteiger partial charge in [-0.2, -0.15) is 0 Å². The number of aliphatic hydroxyl groups is 1. The first-order valence-electron chi connectivity index (χ1n) is 3.43. The van der Waals surface area contributed by atoms with Crippen LogP contribution >= 0.6 is 0 Å². The Morgan fingerprint density at radius 3 is 2.55 bits per heavy atom. The van der Waals surface area contributed by atoms with Crippen molar-refractivity contribution in [1.82, 2.24) is 0 Å². The third kappa shape index (κ3) is 3.34. The minimum Gasteiger partial charge on any atom is -0.467 e. The second-order valence-electron chi connectivity index (χ2n) is 2.40. The molecule has 0 aromatic carbocycles. The zero-order chi connectivity index (χ0) is 8.91. The molecule has 0 aliphatic heterocycles. The topological polar surface area (TPSA) is 55.8 Å². The first-order chi connectivity index (χ1) is 5.04. The molecule has 0 fully saturated rings. The summed E-state index contributed by atoms with van der Waals surface area (Å²) in [4.78, 5) is 10.8. The maximum Gasteiger partial charge on any atom is 0.339 e. The number of hydrogen-bond donors (Lipinski definition) is 1. The molecule has 0 amide bonds. The fraction of sp³-hybridized carbons (Fsp3) is 0.857. The molecule has 0 radical (unpaired) electrons. The van der Waals surface area contributed by atoms with Gasteiger partial charge in [-0.25, -0.2) is 4.79 Å². The summed E-state index contributed by atoms with van der Waals surface area (Å²) in [5.74, 6) is -0.675. The van der Waals surface area contributed by atoms with Crippen LogP contribution in [0.25, 0.3) is 0 Å². The van der Waals surface area contributed by atoms with Gasteiger partial charge >= 0.3 is 5.97 Å². The van der Waals surface area contributed by atoms with E-state index < -0.39 is 11.6 Å². The van der Waals surface area contributed by atoms with Gasteiger partial charge in [0.15, 0.2) is 5.60 Å². The summed E-state index contributed by atoms with van der Waals surface area (Å²) in [6, 6.07) is 0. The zero-order valence-electron chi connectivity index (χ0n) is 7.09. The Bertz CT molecular complexity index is 130. The molecule has 0 saturated heterocycles. The monoisotopic (exact) mass is 162 g/mol. The Kier molecular flexibility index (Phi) is 4.07. The number of hydrogen-bond acceptors (Lipinski definition) is 4. The maximum absolute atomic E-state index is 10.8. The first-order valence-corrected chi connectivity index (χ1v) is 3.43. The van der Waals surface area contributed by atoms with Gasteiger partial charge in [0.1, 0.15) is 0 Å². The molecular weight excluding hydrogens is 148 g/mol. The van der Waals surface area contributed by atoms with Crippen LogP contribution < -0.4 is 0 Å². The van der Waals surface area contributed by atoms with Crippen molar-refractivity contribution in [1.29, 1.82) is 0 Å². The number of rotatable bonds is 4. The molecule has 0 rings (SSSR count). The van der Waals surface area contributed by atoms with Gasteiger partial charge in [0.05, 0.1) is 13.7 Å². The summed E-state index contributed by atoms with van der Waals surface area (Å²) in [7, 11) is 1.22. The van der Waals surface area contributed by atoms with Gasteiger partial charge in [-0.15, -0.1) is 0 Å². The van der Waals surface area contributed by atoms with Crippen LogP contribution in [0.4, 0.5) is 0 Å². The quantitative estimate of drug-likeness (QED) is 0.589. The van der Waals surface area contributed by atoms with Crippen molar-refractivity contribution in [3.8, 4) is 0 Å². The largest absolute Gasteiger partial charge is 0.467 e. The SMILES string of the molecule is CCOCC(C)(O)C(=O)OC. The van der Waals surface area contributed by atoms with Crippen LogP contribution in [0.1, 0.15) is 13.8 Å². The zero-order valence-corrected chi connectivity index (χ0v) is 7.09. The standard InChI is InChI=1S/C7H14O4/c1-4-11-5-7(2,9)6(8)10-3/h9H,4-5H2,1-3H3. The van der Waals surface area contributed by atoms with Crippen molar-refractivity contribution in [3.63, 3.8) is 0 Å². The van der Waals surface area contributed by atoms with Crippen molar-refractivity contribution in [2.24, 2.45) is 0 Å². The van der Waals surface area contributed by atoms with E-state index in [9.17, 15) is 9.90 Å². The maximum atomic E-state index is 10.8. The van der Waals surface area contributed by atoms with Crippen molar-refractivity contribution in [2.75, 3.05) is 20.3 Å². The van der Waals surface area contributed by atoms with Gasteiger partial charge < -0.3 is 14.6 Å². The van der Waals surface area contributed by atoms with Crippen molar-refractivity contribution < 1.29 is 19.4 Å². The summed E-state index contributed by atoms with van der Waals surface area (Å²) in [5, 5.41) is 9.31. The second-order valence-corrected chi connectivity index (χ2v) is 2.40. The van der Waals surface area contributed by atoms with E-state index in [0.717, 1.165) is 0 Å². The van der Waals surface area contributed by atoms with E-state index >= 15 is 0 Å². The van der Waals surface area contributed by atoms with E-state index in [1.165, 1.54) is 14.0 Å². The summed E-state index contributed by atoms with van der Waals surface area (Å²) >= 11 is 0. The summed E-state index contributed by atoms with van der Waals surface area (Å²) in [6.45, 7) is 3.57. The van der Waals surface area contributed by atoms with Gasteiger partial charge in [0, 0.05) is 6.61 Å². The van der Waals surface area contributed by atoms with Gasteiger partial charge in [-0.3, -0.25) is 0 Å². The molecule has 1 N–H and O–H groups in total. The van der Waals surface area contributed by atoms with Crippen LogP contribution in [0.3, 0.4) is 0 Å². The van der Waals surface area contributed by atoms with Crippen molar-refractivity contribution in [3.05, 3.63) is 0 Å². The molecular formula is C7H14O4. The molecule has 0 aromatic heterocycles. The molecule has 1 atom stereocenters. The molecule has 4 nitrogen and oxygen atoms in total. The Labute approximate surface area is 66.1 Å². The van der Waals surface area contributed by atoms with Crippen LogP contribution in [0.2, 0.25) is 0 Å². The molecule has 0 saturated carbocycles. The Hall–Kier alpha value is -0.610. The van der Waals surface area contributed by atoms with E-state index in [2.05, 4.69) is 4.74 Å². The van der Waals surface area contributed by atoms with E-state index in [-0.39, 0.29) is 6.61 Å². The number of ether oxygens (including phenoxy) is 2. The molecule has 0 aliphatic carbocycles. The molecule has 0 aliphatic rings. The molecule has 4 heteroatoms. The highest BCUT2D eigenvalue weighted by molar-refractivity contribution is 5.78. The van der Waals surface area contributed by atoms with Gasteiger partial charge in [0.25, 0.3) is 0 Å². The van der Waals surface area contributed by atoms with E-state index in [4.69, 9.17) is 4.74 Å². The lowest BCUT2D eigenvalue weighted by atomic mass is 10.1. The predicted molar refractivity (Wildman–Crippen MR) is 39.1 cm³/mol. The van der Waals surface area contributed by atoms with Crippen LogP contribution in [-0.4, -0.2) is 37.0 Å². The van der Waals surface area contributed by atoms with E-state index in [0.29, 0.717) is 6.61 Å². The van der Waals surface area contributed by atoms with Gasteiger partial charge in [0.2, 0.25) is 0 Å². The predicted octanol–water partition coefficient (Wildman–Crippen LogP) is -0.0531. The fourth-order valence-corrected chi connectivity index (χ4v) is 0.580. The molecule has 66 valence electrons. The lowest BCUT2D eigenvalue weighted by Gasteiger charge is -2.19. The molecule has 0 aromatic rings. The number of carbonyl (C=O) groups excluding carboxylic acids is 1. The minimum atomic E-state index is -1.52. The number of methoxy groups -OCH3 is 1. The smallest absolute Gasteiger partial charge is 0.339 e. The average molecular weight is 162 g/mol. The summed E-state index contributed by atoms with van der Waals surface area (Å²) in [5.41, 5.74) is -1.52. The van der Waals surface area contributed by atoms with Crippen LogP contribution in [0.5, 0.6) is 0 Å². The Morgan fingerprint density at radius 1 is 1.64 bits per heavy atom. The lowest BCUT2D eigenvalue weighted by Crippen LogP contribution is -2.40. The Morgan fingerprint density at radius 2 is 2.18 bits per heavy atom. The highest BCUT2D eigenvalue weighted by Crippen LogP contribution is 2.05. The molecule has 0 spiro atoms. The van der Waals surface area contributed by atoms with Crippen molar-refractivity contribution in [2.45, 2.75) is 19.4 Å². The lowest BCUT2D eigenvalue weighted by molar-refractivity contribution is -0.166. The number of carbonyl (C=O) groups is 1. The molecule has 0 heterocycles. The van der Waals surface area contributed by atoms with Gasteiger partial charge in [-0.1, -0.05) is 0 Å². The fourth-order valence-electron chi connectivity index (χ4n) is 0.580. The van der Waals surface area contributed by atoms with Gasteiger partial charge in [-0.05, 0) is 13.8 Å². The molecule has 11 heavy (non-hydrogen) atoms. The van der Waals surface area contributed by atoms with Crippen LogP contribution in [0.15, 0.2) is 0 Å². The third-order valence-corrected chi connectivity index (χ3v) is 1.21. The van der Waals surface area contributed by atoms with Crippen molar-refractivity contribution >= 4 is 5.97 Å². The Balaban J connectivity index is 3.88. The number of esters is 1. The minimum absolute atomic E-state index is 0.0316. The van der Waals surface area contributed by atoms with E-state index in [1.807, 2.05) is 0 Å². The van der Waals surface area contributed by atoms with E-state index in [1.54, 1.807) is 6.92 Å². The highest BCUT2D eigenvalue weighted by Gasteiger charge is 2.31. The third-order valence-electron chi connectivity index (χ3n) is 1.21. The average Bonchev–Trinajstić information content (AvgIpc) is 1.99. The highest BCUT2D eigenvalue weighted by atomic mass is 16.6. The summed E-state index contributed by atoms with van der Waals surface area (Å²) in [6.07, 6.45) is 0. The second kappa shape index (κ2) is 4.31. The first kappa shape index (κ1) is 10.4.